The van der Waals surface area contributed by atoms with E-state index in [1.54, 1.807) is 0 Å². The summed E-state index contributed by atoms with van der Waals surface area (Å²) in [5, 5.41) is 2.37. The number of thiophene rings is 1. The summed E-state index contributed by atoms with van der Waals surface area (Å²) in [4.78, 5) is 1.43. The molecule has 0 aliphatic carbocycles. The maximum atomic E-state index is 5.98. The first-order chi connectivity index (χ1) is 5.52. The summed E-state index contributed by atoms with van der Waals surface area (Å²) in [6.07, 6.45) is 1.04. The van der Waals surface area contributed by atoms with Gasteiger partial charge in [0.15, 0.2) is 0 Å². The fourth-order valence-electron chi connectivity index (χ4n) is 1.47. The molecule has 0 saturated heterocycles. The molecule has 68 valence electrons. The Morgan fingerprint density at radius 3 is 2.67 bits per heavy atom. The molecule has 0 N–H and O–H groups in total. The first kappa shape index (κ1) is 10.1. The highest BCUT2D eigenvalue weighted by atomic mass is 35.5. The summed E-state index contributed by atoms with van der Waals surface area (Å²) in [7, 11) is 0. The predicted octanol–water partition coefficient (Wildman–Crippen LogP) is 4.04. The molecule has 0 aromatic carbocycles. The number of alkyl halides is 1. The van der Waals surface area contributed by atoms with E-state index in [2.05, 4.69) is 38.3 Å². The first-order valence-corrected chi connectivity index (χ1v) is 5.52. The number of hydrogen-bond donors (Lipinski definition) is 0. The Balaban J connectivity index is 2.72. The van der Waals surface area contributed by atoms with Gasteiger partial charge in [-0.3, -0.25) is 0 Å². The van der Waals surface area contributed by atoms with Gasteiger partial charge < -0.3 is 0 Å². The zero-order valence-electron chi connectivity index (χ0n) is 7.80. The van der Waals surface area contributed by atoms with E-state index >= 15 is 0 Å². The molecule has 1 aromatic rings. The van der Waals surface area contributed by atoms with Gasteiger partial charge in [0.25, 0.3) is 0 Å². The third-order valence-corrected chi connectivity index (χ3v) is 3.37. The van der Waals surface area contributed by atoms with Gasteiger partial charge >= 0.3 is 0 Å². The summed E-state index contributed by atoms with van der Waals surface area (Å²) < 4.78 is 0. The molecule has 0 radical (unpaired) electrons. The van der Waals surface area contributed by atoms with Crippen molar-refractivity contribution in [2.75, 3.05) is 0 Å². The van der Waals surface area contributed by atoms with Crippen molar-refractivity contribution < 1.29 is 0 Å². The molecule has 0 bridgehead atoms. The fraction of sp³-hybridized carbons (Fsp3) is 0.600. The van der Waals surface area contributed by atoms with Gasteiger partial charge in [-0.15, -0.1) is 22.9 Å². The molecule has 12 heavy (non-hydrogen) atoms. The van der Waals surface area contributed by atoms with Crippen molar-refractivity contribution in [2.45, 2.75) is 38.0 Å². The maximum Gasteiger partial charge on any atom is 0.0316 e. The smallest absolute Gasteiger partial charge is 0.0316 e. The van der Waals surface area contributed by atoms with Crippen LogP contribution in [0.5, 0.6) is 0 Å². The lowest BCUT2D eigenvalue weighted by Crippen LogP contribution is -2.19. The minimum Gasteiger partial charge on any atom is -0.148 e. The average Bonchev–Trinajstić information content (AvgIpc) is 2.32. The molecule has 0 nitrogen and oxygen atoms in total. The molecule has 0 aliphatic rings. The Morgan fingerprint density at radius 2 is 2.25 bits per heavy atom. The van der Waals surface area contributed by atoms with E-state index in [0.717, 1.165) is 6.42 Å². The van der Waals surface area contributed by atoms with Crippen molar-refractivity contribution in [1.82, 2.24) is 0 Å². The van der Waals surface area contributed by atoms with Gasteiger partial charge in [-0.05, 0) is 24.8 Å². The Morgan fingerprint density at radius 1 is 1.58 bits per heavy atom. The third-order valence-electron chi connectivity index (χ3n) is 1.98. The minimum atomic E-state index is 0.231. The van der Waals surface area contributed by atoms with Crippen LogP contribution in [0.25, 0.3) is 0 Å². The average molecular weight is 203 g/mol. The lowest BCUT2D eigenvalue weighted by Gasteiger charge is -2.24. The predicted molar refractivity (Wildman–Crippen MR) is 57.3 cm³/mol. The third kappa shape index (κ3) is 2.49. The first-order valence-electron chi connectivity index (χ1n) is 4.20. The molecule has 1 heterocycles. The maximum absolute atomic E-state index is 5.98. The van der Waals surface area contributed by atoms with Crippen LogP contribution in [0.4, 0.5) is 0 Å². The van der Waals surface area contributed by atoms with Gasteiger partial charge in [-0.1, -0.05) is 19.9 Å². The second kappa shape index (κ2) is 3.80. The van der Waals surface area contributed by atoms with Gasteiger partial charge in [-0.2, -0.15) is 0 Å². The molecule has 0 aliphatic heterocycles. The lowest BCUT2D eigenvalue weighted by molar-refractivity contribution is 0.486. The highest BCUT2D eigenvalue weighted by molar-refractivity contribution is 7.10. The van der Waals surface area contributed by atoms with Crippen LogP contribution in [0, 0.1) is 0 Å². The molecular weight excluding hydrogens is 188 g/mol. The van der Waals surface area contributed by atoms with Crippen molar-refractivity contribution in [1.29, 1.82) is 0 Å². The normalized spacial score (nSPS) is 14.7. The Kier molecular flexibility index (Phi) is 3.19. The number of rotatable bonds is 3. The summed E-state index contributed by atoms with van der Waals surface area (Å²) in [6.45, 7) is 6.55. The molecule has 1 atom stereocenters. The highest BCUT2D eigenvalue weighted by Gasteiger charge is 2.23. The molecular formula is C10H15ClS. The van der Waals surface area contributed by atoms with Gasteiger partial charge in [-0.25, -0.2) is 0 Å². The highest BCUT2D eigenvalue weighted by Crippen LogP contribution is 2.32. The number of halogens is 1. The van der Waals surface area contributed by atoms with Crippen molar-refractivity contribution in [3.63, 3.8) is 0 Å². The van der Waals surface area contributed by atoms with Crippen LogP contribution >= 0.6 is 22.9 Å². The van der Waals surface area contributed by atoms with Crippen molar-refractivity contribution in [3.8, 4) is 0 Å². The van der Waals surface area contributed by atoms with Gasteiger partial charge in [0.05, 0.1) is 0 Å². The molecule has 1 rings (SSSR count). The fourth-order valence-corrected chi connectivity index (χ4v) is 2.72. The second-order valence-electron chi connectivity index (χ2n) is 3.85. The molecule has 1 unspecified atom stereocenters. The monoisotopic (exact) mass is 202 g/mol. The van der Waals surface area contributed by atoms with E-state index in [4.69, 9.17) is 11.6 Å². The van der Waals surface area contributed by atoms with Crippen molar-refractivity contribution >= 4 is 22.9 Å². The molecule has 0 saturated carbocycles. The molecule has 0 amide bonds. The van der Waals surface area contributed by atoms with Crippen LogP contribution in [0.2, 0.25) is 0 Å². The van der Waals surface area contributed by atoms with Gasteiger partial charge in [0.2, 0.25) is 0 Å². The standard InChI is InChI=1S/C10H15ClS/c1-8(11)7-10(2,3)9-5-4-6-12-9/h4-6,8H,7H2,1-3H3. The van der Waals surface area contributed by atoms with E-state index in [-0.39, 0.29) is 10.8 Å². The number of hydrogen-bond acceptors (Lipinski definition) is 1. The molecule has 0 fully saturated rings. The zero-order chi connectivity index (χ0) is 9.19. The van der Waals surface area contributed by atoms with Crippen LogP contribution in [0.15, 0.2) is 17.5 Å². The second-order valence-corrected chi connectivity index (χ2v) is 5.54. The summed E-state index contributed by atoms with van der Waals surface area (Å²) in [6, 6.07) is 4.28. The van der Waals surface area contributed by atoms with E-state index in [1.165, 1.54) is 4.88 Å². The quantitative estimate of drug-likeness (QED) is 0.649. The zero-order valence-corrected chi connectivity index (χ0v) is 9.38. The van der Waals surface area contributed by atoms with E-state index in [1.807, 2.05) is 11.3 Å². The molecule has 1 aromatic heterocycles. The van der Waals surface area contributed by atoms with Crippen LogP contribution in [0.1, 0.15) is 32.1 Å². The Labute approximate surface area is 83.6 Å². The van der Waals surface area contributed by atoms with Gasteiger partial charge in [0, 0.05) is 15.7 Å². The van der Waals surface area contributed by atoms with Crippen LogP contribution < -0.4 is 0 Å². The summed E-state index contributed by atoms with van der Waals surface area (Å²) in [5.41, 5.74) is 0.231. The van der Waals surface area contributed by atoms with Crippen molar-refractivity contribution in [2.24, 2.45) is 0 Å². The van der Waals surface area contributed by atoms with E-state index in [0.29, 0.717) is 0 Å². The topological polar surface area (TPSA) is 0 Å². The lowest BCUT2D eigenvalue weighted by atomic mass is 9.86. The molecule has 0 spiro atoms. The largest absolute Gasteiger partial charge is 0.148 e. The summed E-state index contributed by atoms with van der Waals surface area (Å²) in [5.74, 6) is 0. The van der Waals surface area contributed by atoms with Gasteiger partial charge in [0.1, 0.15) is 0 Å². The Hall–Kier alpha value is -0.0100. The van der Waals surface area contributed by atoms with E-state index in [9.17, 15) is 0 Å². The van der Waals surface area contributed by atoms with Crippen LogP contribution in [0.3, 0.4) is 0 Å². The van der Waals surface area contributed by atoms with Crippen LogP contribution in [-0.4, -0.2) is 5.38 Å². The Bertz CT molecular complexity index is 224. The molecule has 2 heteroatoms. The van der Waals surface area contributed by atoms with Crippen molar-refractivity contribution in [3.05, 3.63) is 22.4 Å². The minimum absolute atomic E-state index is 0.231. The van der Waals surface area contributed by atoms with E-state index < -0.39 is 0 Å². The SMILES string of the molecule is CC(Cl)CC(C)(C)c1cccs1. The summed E-state index contributed by atoms with van der Waals surface area (Å²) >= 11 is 7.80. The van der Waals surface area contributed by atoms with Crippen LogP contribution in [-0.2, 0) is 5.41 Å².